The number of aryl methyl sites for hydroxylation is 1. The molecule has 0 unspecified atom stereocenters. The highest BCUT2D eigenvalue weighted by molar-refractivity contribution is 6.07. The lowest BCUT2D eigenvalue weighted by Crippen LogP contribution is -2.17. The molecule has 0 saturated carbocycles. The third-order valence-corrected chi connectivity index (χ3v) is 6.20. The predicted molar refractivity (Wildman–Crippen MR) is 132 cm³/mol. The molecule has 5 rings (SSSR count). The number of hydrogen-bond donors (Lipinski definition) is 1. The lowest BCUT2D eigenvalue weighted by molar-refractivity contribution is 0.101. The van der Waals surface area contributed by atoms with E-state index in [1.807, 2.05) is 58.8 Å². The third-order valence-electron chi connectivity index (χ3n) is 6.20. The Morgan fingerprint density at radius 3 is 2.55 bits per heavy atom. The maximum atomic E-state index is 13.8. The Balaban J connectivity index is 1.56. The van der Waals surface area contributed by atoms with Gasteiger partial charge in [-0.3, -0.25) is 4.79 Å². The molecule has 166 valence electrons. The molecule has 3 aromatic carbocycles. The fourth-order valence-corrected chi connectivity index (χ4v) is 4.38. The SMILES string of the molecule is CC(C)c1ccc2c(c1)cc(C(=O)Nc1ccc3c(ccn3C)c1)n2Cc1cccc(F)c1. The van der Waals surface area contributed by atoms with Crippen LogP contribution in [0.4, 0.5) is 10.1 Å². The summed E-state index contributed by atoms with van der Waals surface area (Å²) in [6.07, 6.45) is 2.00. The molecule has 0 aliphatic carbocycles. The van der Waals surface area contributed by atoms with Crippen molar-refractivity contribution in [2.24, 2.45) is 7.05 Å². The number of carbonyl (C=O) groups excluding carboxylic acids is 1. The lowest BCUT2D eigenvalue weighted by Gasteiger charge is -2.12. The number of amides is 1. The van der Waals surface area contributed by atoms with Crippen LogP contribution in [0.25, 0.3) is 21.8 Å². The van der Waals surface area contributed by atoms with Crippen LogP contribution in [0.3, 0.4) is 0 Å². The van der Waals surface area contributed by atoms with Crippen LogP contribution >= 0.6 is 0 Å². The number of nitrogens with zero attached hydrogens (tertiary/aromatic N) is 2. The Morgan fingerprint density at radius 1 is 0.939 bits per heavy atom. The molecule has 1 amide bonds. The van der Waals surface area contributed by atoms with Crippen molar-refractivity contribution in [2.45, 2.75) is 26.3 Å². The first-order chi connectivity index (χ1) is 15.9. The van der Waals surface area contributed by atoms with Crippen molar-refractivity contribution in [1.29, 1.82) is 0 Å². The summed E-state index contributed by atoms with van der Waals surface area (Å²) in [5.74, 6) is -0.0898. The molecule has 0 bridgehead atoms. The summed E-state index contributed by atoms with van der Waals surface area (Å²) in [4.78, 5) is 13.4. The van der Waals surface area contributed by atoms with Gasteiger partial charge in [0.2, 0.25) is 0 Å². The second-order valence-electron chi connectivity index (χ2n) is 8.87. The van der Waals surface area contributed by atoms with E-state index in [0.717, 1.165) is 33.1 Å². The minimum atomic E-state index is -0.284. The van der Waals surface area contributed by atoms with E-state index in [4.69, 9.17) is 0 Å². The smallest absolute Gasteiger partial charge is 0.272 e. The van der Waals surface area contributed by atoms with E-state index in [0.29, 0.717) is 18.2 Å². The molecule has 0 radical (unpaired) electrons. The highest BCUT2D eigenvalue weighted by Crippen LogP contribution is 2.27. The highest BCUT2D eigenvalue weighted by Gasteiger charge is 2.17. The number of fused-ring (bicyclic) bond motifs is 2. The summed E-state index contributed by atoms with van der Waals surface area (Å²) in [6, 6.07) is 22.6. The highest BCUT2D eigenvalue weighted by atomic mass is 19.1. The zero-order valence-corrected chi connectivity index (χ0v) is 19.0. The number of halogens is 1. The quantitative estimate of drug-likeness (QED) is 0.325. The Labute approximate surface area is 192 Å². The summed E-state index contributed by atoms with van der Waals surface area (Å²) in [5.41, 5.74) is 5.36. The lowest BCUT2D eigenvalue weighted by atomic mass is 10.0. The van der Waals surface area contributed by atoms with Gasteiger partial charge in [0, 0.05) is 47.3 Å². The van der Waals surface area contributed by atoms with E-state index < -0.39 is 0 Å². The fraction of sp³-hybridized carbons (Fsp3) is 0.179. The molecule has 0 aliphatic rings. The summed E-state index contributed by atoms with van der Waals surface area (Å²) in [7, 11) is 2.00. The van der Waals surface area contributed by atoms with Crippen LogP contribution in [-0.2, 0) is 13.6 Å². The number of rotatable bonds is 5. The number of nitrogens with one attached hydrogen (secondary N) is 1. The third kappa shape index (κ3) is 4.02. The van der Waals surface area contributed by atoms with E-state index >= 15 is 0 Å². The molecule has 1 N–H and O–H groups in total. The molecule has 2 aromatic heterocycles. The summed E-state index contributed by atoms with van der Waals surface area (Å²) in [6.45, 7) is 4.71. The molecular weight excluding hydrogens is 413 g/mol. The Morgan fingerprint density at radius 2 is 1.76 bits per heavy atom. The van der Waals surface area contributed by atoms with Gasteiger partial charge in [-0.15, -0.1) is 0 Å². The van der Waals surface area contributed by atoms with E-state index in [1.54, 1.807) is 6.07 Å². The van der Waals surface area contributed by atoms with Crippen molar-refractivity contribution >= 4 is 33.4 Å². The van der Waals surface area contributed by atoms with Crippen LogP contribution in [0.2, 0.25) is 0 Å². The van der Waals surface area contributed by atoms with Gasteiger partial charge in [-0.1, -0.05) is 32.0 Å². The molecule has 5 heteroatoms. The summed E-state index contributed by atoms with van der Waals surface area (Å²) < 4.78 is 17.8. The molecule has 0 spiro atoms. The zero-order valence-electron chi connectivity index (χ0n) is 19.0. The Hall–Kier alpha value is -3.86. The Bertz CT molecular complexity index is 1490. The van der Waals surface area contributed by atoms with Crippen LogP contribution in [0.15, 0.2) is 79.0 Å². The van der Waals surface area contributed by atoms with E-state index in [1.165, 1.54) is 17.7 Å². The van der Waals surface area contributed by atoms with Gasteiger partial charge in [-0.05, 0) is 71.6 Å². The molecular formula is C28H26FN3O. The fourth-order valence-electron chi connectivity index (χ4n) is 4.38. The first-order valence-electron chi connectivity index (χ1n) is 11.1. The minimum Gasteiger partial charge on any atom is -0.351 e. The van der Waals surface area contributed by atoms with E-state index in [9.17, 15) is 9.18 Å². The number of carbonyl (C=O) groups is 1. The van der Waals surface area contributed by atoms with Gasteiger partial charge in [0.15, 0.2) is 0 Å². The average Bonchev–Trinajstić information content (AvgIpc) is 3.34. The van der Waals surface area contributed by atoms with Crippen molar-refractivity contribution in [1.82, 2.24) is 9.13 Å². The van der Waals surface area contributed by atoms with Gasteiger partial charge >= 0.3 is 0 Å². The van der Waals surface area contributed by atoms with Gasteiger partial charge in [0.25, 0.3) is 5.91 Å². The molecule has 0 saturated heterocycles. The number of anilines is 1. The van der Waals surface area contributed by atoms with E-state index in [-0.39, 0.29) is 11.7 Å². The van der Waals surface area contributed by atoms with E-state index in [2.05, 4.69) is 37.4 Å². The standard InChI is InChI=1S/C28H26FN3O/c1-18(2)20-7-9-26-22(14-20)16-27(32(26)17-19-5-4-6-23(29)13-19)28(33)30-24-8-10-25-21(15-24)11-12-31(25)3/h4-16,18H,17H2,1-3H3,(H,30,33). The Kier molecular flexibility index (Phi) is 5.25. The minimum absolute atomic E-state index is 0.191. The number of hydrogen-bond acceptors (Lipinski definition) is 1. The van der Waals surface area contributed by atoms with Crippen molar-refractivity contribution in [3.8, 4) is 0 Å². The maximum Gasteiger partial charge on any atom is 0.272 e. The second kappa shape index (κ2) is 8.24. The summed E-state index contributed by atoms with van der Waals surface area (Å²) in [5, 5.41) is 5.12. The number of aromatic nitrogens is 2. The zero-order chi connectivity index (χ0) is 23.1. The summed E-state index contributed by atoms with van der Waals surface area (Å²) >= 11 is 0. The van der Waals surface area contributed by atoms with Gasteiger partial charge in [0.1, 0.15) is 11.5 Å². The van der Waals surface area contributed by atoms with Crippen molar-refractivity contribution in [3.63, 3.8) is 0 Å². The van der Waals surface area contributed by atoms with Crippen molar-refractivity contribution in [3.05, 3.63) is 102 Å². The number of benzene rings is 3. The van der Waals surface area contributed by atoms with Gasteiger partial charge < -0.3 is 14.5 Å². The molecule has 2 heterocycles. The van der Waals surface area contributed by atoms with Gasteiger partial charge in [-0.25, -0.2) is 4.39 Å². The molecule has 33 heavy (non-hydrogen) atoms. The van der Waals surface area contributed by atoms with Crippen molar-refractivity contribution in [2.75, 3.05) is 5.32 Å². The largest absolute Gasteiger partial charge is 0.351 e. The molecule has 0 atom stereocenters. The van der Waals surface area contributed by atoms with Crippen LogP contribution in [0.5, 0.6) is 0 Å². The van der Waals surface area contributed by atoms with Crippen LogP contribution in [0, 0.1) is 5.82 Å². The molecule has 0 aliphatic heterocycles. The topological polar surface area (TPSA) is 39.0 Å². The average molecular weight is 440 g/mol. The molecule has 5 aromatic rings. The van der Waals surface area contributed by atoms with Crippen LogP contribution < -0.4 is 5.32 Å². The maximum absolute atomic E-state index is 13.8. The molecule has 0 fully saturated rings. The van der Waals surface area contributed by atoms with Crippen LogP contribution in [-0.4, -0.2) is 15.0 Å². The first-order valence-corrected chi connectivity index (χ1v) is 11.1. The predicted octanol–water partition coefficient (Wildman–Crippen LogP) is 6.70. The normalized spacial score (nSPS) is 11.5. The van der Waals surface area contributed by atoms with Crippen LogP contribution in [0.1, 0.15) is 41.4 Å². The molecule has 4 nitrogen and oxygen atoms in total. The van der Waals surface area contributed by atoms with Gasteiger partial charge in [0.05, 0.1) is 0 Å². The van der Waals surface area contributed by atoms with Crippen molar-refractivity contribution < 1.29 is 9.18 Å². The monoisotopic (exact) mass is 439 g/mol. The first kappa shape index (κ1) is 21.0. The second-order valence-corrected chi connectivity index (χ2v) is 8.87. The van der Waals surface area contributed by atoms with Gasteiger partial charge in [-0.2, -0.15) is 0 Å².